The van der Waals surface area contributed by atoms with Crippen molar-refractivity contribution in [1.29, 1.82) is 0 Å². The van der Waals surface area contributed by atoms with Gasteiger partial charge in [0.1, 0.15) is 5.76 Å². The number of amides is 1. The Morgan fingerprint density at radius 3 is 2.59 bits per heavy atom. The van der Waals surface area contributed by atoms with Crippen molar-refractivity contribution in [2.45, 2.75) is 20.3 Å². The highest BCUT2D eigenvalue weighted by Crippen LogP contribution is 2.21. The molecule has 1 aromatic carbocycles. The predicted octanol–water partition coefficient (Wildman–Crippen LogP) is 3.25. The third-order valence-electron chi connectivity index (χ3n) is 4.33. The summed E-state index contributed by atoms with van der Waals surface area (Å²) in [5.41, 5.74) is 3.24. The molecule has 4 heteroatoms. The number of furan rings is 1. The van der Waals surface area contributed by atoms with Crippen LogP contribution in [-0.4, -0.2) is 37.0 Å². The van der Waals surface area contributed by atoms with E-state index in [1.165, 1.54) is 11.3 Å². The Morgan fingerprint density at radius 1 is 1.05 bits per heavy atom. The molecule has 0 atom stereocenters. The van der Waals surface area contributed by atoms with Gasteiger partial charge in [-0.1, -0.05) is 18.2 Å². The quantitative estimate of drug-likeness (QED) is 0.854. The van der Waals surface area contributed by atoms with Crippen LogP contribution >= 0.6 is 0 Å². The van der Waals surface area contributed by atoms with Crippen LogP contribution in [0.3, 0.4) is 0 Å². The molecule has 1 amide bonds. The summed E-state index contributed by atoms with van der Waals surface area (Å²) in [6.07, 6.45) is 2.57. The average molecular weight is 298 g/mol. The van der Waals surface area contributed by atoms with Crippen molar-refractivity contribution in [2.75, 3.05) is 31.1 Å². The molecule has 1 aliphatic heterocycles. The summed E-state index contributed by atoms with van der Waals surface area (Å²) < 4.78 is 5.26. The van der Waals surface area contributed by atoms with Crippen LogP contribution in [0.5, 0.6) is 0 Å². The number of aryl methyl sites for hydroxylation is 2. The molecule has 0 bridgehead atoms. The van der Waals surface area contributed by atoms with Gasteiger partial charge in [-0.05, 0) is 38.0 Å². The number of nitrogens with zero attached hydrogens (tertiary/aromatic N) is 2. The Balaban J connectivity index is 1.72. The maximum Gasteiger partial charge on any atom is 0.257 e. The van der Waals surface area contributed by atoms with Crippen molar-refractivity contribution < 1.29 is 9.21 Å². The monoisotopic (exact) mass is 298 g/mol. The molecule has 116 valence electrons. The van der Waals surface area contributed by atoms with Gasteiger partial charge in [0.05, 0.1) is 11.8 Å². The van der Waals surface area contributed by atoms with E-state index in [1.54, 1.807) is 12.3 Å². The number of carbonyl (C=O) groups excluding carboxylic acids is 1. The minimum Gasteiger partial charge on any atom is -0.469 e. The second-order valence-electron chi connectivity index (χ2n) is 5.81. The van der Waals surface area contributed by atoms with Gasteiger partial charge in [-0.25, -0.2) is 0 Å². The molecular formula is C18H22N2O2. The van der Waals surface area contributed by atoms with Crippen LogP contribution in [0, 0.1) is 13.8 Å². The van der Waals surface area contributed by atoms with Crippen molar-refractivity contribution in [3.05, 3.63) is 53.5 Å². The molecule has 1 aromatic heterocycles. The van der Waals surface area contributed by atoms with E-state index < -0.39 is 0 Å². The Bertz CT molecular complexity index is 663. The predicted molar refractivity (Wildman–Crippen MR) is 87.4 cm³/mol. The maximum absolute atomic E-state index is 12.6. The van der Waals surface area contributed by atoms with Crippen LogP contribution in [0.1, 0.15) is 28.1 Å². The van der Waals surface area contributed by atoms with E-state index in [0.29, 0.717) is 11.3 Å². The zero-order valence-corrected chi connectivity index (χ0v) is 13.2. The standard InChI is InChI=1S/C18H22N2O2/c1-14-6-3-4-7-17(14)19-9-5-10-20(12-11-19)18(21)16-8-13-22-15(16)2/h3-4,6-8,13H,5,9-12H2,1-2H3. The second kappa shape index (κ2) is 6.26. The van der Waals surface area contributed by atoms with Gasteiger partial charge in [0.2, 0.25) is 0 Å². The number of benzene rings is 1. The zero-order chi connectivity index (χ0) is 15.5. The van der Waals surface area contributed by atoms with Crippen LogP contribution in [-0.2, 0) is 0 Å². The molecule has 0 spiro atoms. The smallest absolute Gasteiger partial charge is 0.257 e. The summed E-state index contributed by atoms with van der Waals surface area (Å²) in [4.78, 5) is 16.9. The van der Waals surface area contributed by atoms with E-state index in [0.717, 1.165) is 32.6 Å². The fourth-order valence-corrected chi connectivity index (χ4v) is 3.06. The van der Waals surface area contributed by atoms with E-state index in [-0.39, 0.29) is 5.91 Å². The summed E-state index contributed by atoms with van der Waals surface area (Å²) >= 11 is 0. The van der Waals surface area contributed by atoms with Crippen LogP contribution in [0.15, 0.2) is 41.0 Å². The van der Waals surface area contributed by atoms with Gasteiger partial charge in [0, 0.05) is 31.9 Å². The number of hydrogen-bond donors (Lipinski definition) is 0. The first kappa shape index (κ1) is 14.7. The molecule has 22 heavy (non-hydrogen) atoms. The lowest BCUT2D eigenvalue weighted by atomic mass is 10.2. The van der Waals surface area contributed by atoms with Crippen molar-refractivity contribution in [2.24, 2.45) is 0 Å². The molecule has 2 heterocycles. The fraction of sp³-hybridized carbons (Fsp3) is 0.389. The molecule has 0 unspecified atom stereocenters. The van der Waals surface area contributed by atoms with E-state index in [1.807, 2.05) is 11.8 Å². The SMILES string of the molecule is Cc1ccccc1N1CCCN(C(=O)c2ccoc2C)CC1. The van der Waals surface area contributed by atoms with Gasteiger partial charge < -0.3 is 14.2 Å². The zero-order valence-electron chi connectivity index (χ0n) is 13.2. The molecule has 4 nitrogen and oxygen atoms in total. The average Bonchev–Trinajstić information content (AvgIpc) is 2.80. The molecular weight excluding hydrogens is 276 g/mol. The largest absolute Gasteiger partial charge is 0.469 e. The summed E-state index contributed by atoms with van der Waals surface area (Å²) in [6.45, 7) is 7.37. The Kier molecular flexibility index (Phi) is 4.18. The number of rotatable bonds is 2. The molecule has 1 aliphatic rings. The molecule has 0 radical (unpaired) electrons. The Labute approximate surface area is 131 Å². The highest BCUT2D eigenvalue weighted by Gasteiger charge is 2.23. The van der Waals surface area contributed by atoms with Gasteiger partial charge in [-0.15, -0.1) is 0 Å². The van der Waals surface area contributed by atoms with E-state index >= 15 is 0 Å². The lowest BCUT2D eigenvalue weighted by molar-refractivity contribution is 0.0765. The van der Waals surface area contributed by atoms with Crippen molar-refractivity contribution in [3.8, 4) is 0 Å². The minimum absolute atomic E-state index is 0.0814. The lowest BCUT2D eigenvalue weighted by Crippen LogP contribution is -2.35. The van der Waals surface area contributed by atoms with E-state index in [9.17, 15) is 4.79 Å². The van der Waals surface area contributed by atoms with Crippen molar-refractivity contribution >= 4 is 11.6 Å². The first-order valence-corrected chi connectivity index (χ1v) is 7.81. The second-order valence-corrected chi connectivity index (χ2v) is 5.81. The van der Waals surface area contributed by atoms with Gasteiger partial charge in [-0.3, -0.25) is 4.79 Å². The number of carbonyl (C=O) groups is 1. The van der Waals surface area contributed by atoms with Gasteiger partial charge in [0.25, 0.3) is 5.91 Å². The molecule has 0 N–H and O–H groups in total. The summed E-state index contributed by atoms with van der Waals surface area (Å²) in [5.74, 6) is 0.780. The van der Waals surface area contributed by atoms with Gasteiger partial charge in [0.15, 0.2) is 0 Å². The van der Waals surface area contributed by atoms with Crippen molar-refractivity contribution in [3.63, 3.8) is 0 Å². The molecule has 0 saturated carbocycles. The first-order chi connectivity index (χ1) is 10.7. The van der Waals surface area contributed by atoms with Crippen LogP contribution in [0.4, 0.5) is 5.69 Å². The summed E-state index contributed by atoms with van der Waals surface area (Å²) in [5, 5.41) is 0. The van der Waals surface area contributed by atoms with Crippen LogP contribution in [0.25, 0.3) is 0 Å². The maximum atomic E-state index is 12.6. The van der Waals surface area contributed by atoms with Gasteiger partial charge >= 0.3 is 0 Å². The van der Waals surface area contributed by atoms with E-state index in [4.69, 9.17) is 4.42 Å². The highest BCUT2D eigenvalue weighted by atomic mass is 16.3. The normalized spacial score (nSPS) is 15.7. The van der Waals surface area contributed by atoms with Crippen LogP contribution in [0.2, 0.25) is 0 Å². The molecule has 1 saturated heterocycles. The third kappa shape index (κ3) is 2.86. The fourth-order valence-electron chi connectivity index (χ4n) is 3.06. The topological polar surface area (TPSA) is 36.7 Å². The Morgan fingerprint density at radius 2 is 1.86 bits per heavy atom. The molecule has 0 aliphatic carbocycles. The number of para-hydroxylation sites is 1. The minimum atomic E-state index is 0.0814. The summed E-state index contributed by atoms with van der Waals surface area (Å²) in [6, 6.07) is 10.2. The Hall–Kier alpha value is -2.23. The molecule has 3 rings (SSSR count). The number of anilines is 1. The van der Waals surface area contributed by atoms with Crippen molar-refractivity contribution in [1.82, 2.24) is 4.90 Å². The first-order valence-electron chi connectivity index (χ1n) is 7.81. The molecule has 1 fully saturated rings. The lowest BCUT2D eigenvalue weighted by Gasteiger charge is -2.25. The van der Waals surface area contributed by atoms with Gasteiger partial charge in [-0.2, -0.15) is 0 Å². The third-order valence-corrected chi connectivity index (χ3v) is 4.33. The number of hydrogen-bond acceptors (Lipinski definition) is 3. The van der Waals surface area contributed by atoms with Crippen LogP contribution < -0.4 is 4.90 Å². The summed E-state index contributed by atoms with van der Waals surface area (Å²) in [7, 11) is 0. The molecule has 2 aromatic rings. The van der Waals surface area contributed by atoms with E-state index in [2.05, 4.69) is 36.1 Å². The highest BCUT2D eigenvalue weighted by molar-refractivity contribution is 5.95.